The molecule has 0 radical (unpaired) electrons. The van der Waals surface area contributed by atoms with Gasteiger partial charge in [-0.1, -0.05) is 19.8 Å². The Morgan fingerprint density at radius 2 is 2.27 bits per heavy atom. The van der Waals surface area contributed by atoms with E-state index in [2.05, 4.69) is 39.6 Å². The van der Waals surface area contributed by atoms with Crippen molar-refractivity contribution >= 4 is 27.3 Å². The summed E-state index contributed by atoms with van der Waals surface area (Å²) in [5.41, 5.74) is 0. The highest BCUT2D eigenvalue weighted by Crippen LogP contribution is 2.25. The summed E-state index contributed by atoms with van der Waals surface area (Å²) in [4.78, 5) is 1.43. The van der Waals surface area contributed by atoms with Crippen molar-refractivity contribution < 1.29 is 0 Å². The van der Waals surface area contributed by atoms with Gasteiger partial charge in [0.15, 0.2) is 0 Å². The van der Waals surface area contributed by atoms with E-state index in [1.807, 2.05) is 11.3 Å². The van der Waals surface area contributed by atoms with Crippen molar-refractivity contribution in [3.05, 3.63) is 20.8 Å². The van der Waals surface area contributed by atoms with Gasteiger partial charge in [0.1, 0.15) is 0 Å². The molecule has 0 aromatic carbocycles. The smallest absolute Gasteiger partial charge is 0.0302 e. The maximum absolute atomic E-state index is 3.69. The molecule has 2 atom stereocenters. The standard InChI is InChI=1S/C12H18BrNS/c1-9-4-2-3-5-12(9)14-7-11-6-10(13)8-15-11/h6,8-9,12,14H,2-5,7H2,1H3/t9-,12+/m1/s1. The summed E-state index contributed by atoms with van der Waals surface area (Å²) in [6.45, 7) is 3.41. The van der Waals surface area contributed by atoms with Gasteiger partial charge in [-0.2, -0.15) is 0 Å². The fourth-order valence-electron chi connectivity index (χ4n) is 2.30. The lowest BCUT2D eigenvalue weighted by molar-refractivity contribution is 0.280. The van der Waals surface area contributed by atoms with Gasteiger partial charge in [-0.25, -0.2) is 0 Å². The predicted octanol–water partition coefficient (Wildman–Crippen LogP) is 4.18. The quantitative estimate of drug-likeness (QED) is 0.880. The highest BCUT2D eigenvalue weighted by atomic mass is 79.9. The zero-order chi connectivity index (χ0) is 10.7. The third kappa shape index (κ3) is 3.30. The molecular formula is C12H18BrNS. The summed E-state index contributed by atoms with van der Waals surface area (Å²) in [5, 5.41) is 5.84. The highest BCUT2D eigenvalue weighted by molar-refractivity contribution is 9.10. The molecule has 2 rings (SSSR count). The van der Waals surface area contributed by atoms with Gasteiger partial charge in [0.25, 0.3) is 0 Å². The molecule has 1 aromatic heterocycles. The summed E-state index contributed by atoms with van der Waals surface area (Å²) < 4.78 is 1.21. The number of rotatable bonds is 3. The Kier molecular flexibility index (Phi) is 4.23. The van der Waals surface area contributed by atoms with Crippen LogP contribution in [0.5, 0.6) is 0 Å². The number of hydrogen-bond acceptors (Lipinski definition) is 2. The molecule has 3 heteroatoms. The molecule has 1 saturated carbocycles. The lowest BCUT2D eigenvalue weighted by Gasteiger charge is -2.29. The minimum atomic E-state index is 0.736. The molecule has 0 saturated heterocycles. The molecule has 0 spiro atoms. The van der Waals surface area contributed by atoms with Crippen LogP contribution in [0.4, 0.5) is 0 Å². The van der Waals surface area contributed by atoms with E-state index in [0.29, 0.717) is 0 Å². The lowest BCUT2D eigenvalue weighted by Crippen LogP contribution is -2.36. The van der Waals surface area contributed by atoms with Gasteiger partial charge in [-0.05, 0) is 40.8 Å². The molecule has 1 nitrogen and oxygen atoms in total. The highest BCUT2D eigenvalue weighted by Gasteiger charge is 2.20. The number of nitrogens with one attached hydrogen (secondary N) is 1. The van der Waals surface area contributed by atoms with Crippen LogP contribution in [0.25, 0.3) is 0 Å². The predicted molar refractivity (Wildman–Crippen MR) is 70.3 cm³/mol. The molecule has 15 heavy (non-hydrogen) atoms. The monoisotopic (exact) mass is 287 g/mol. The van der Waals surface area contributed by atoms with Gasteiger partial charge in [-0.3, -0.25) is 0 Å². The Hall–Kier alpha value is 0.140. The molecule has 1 aromatic rings. The van der Waals surface area contributed by atoms with E-state index in [0.717, 1.165) is 18.5 Å². The SMILES string of the molecule is C[C@@H]1CCCC[C@@H]1NCc1cc(Br)cs1. The molecule has 0 unspecified atom stereocenters. The molecule has 1 fully saturated rings. The first-order valence-electron chi connectivity index (χ1n) is 5.72. The molecule has 0 bridgehead atoms. The van der Waals surface area contributed by atoms with Crippen LogP contribution in [0, 0.1) is 5.92 Å². The van der Waals surface area contributed by atoms with Crippen molar-refractivity contribution in [1.29, 1.82) is 0 Å². The van der Waals surface area contributed by atoms with Crippen molar-refractivity contribution in [2.24, 2.45) is 5.92 Å². The number of hydrogen-bond donors (Lipinski definition) is 1. The van der Waals surface area contributed by atoms with Gasteiger partial charge >= 0.3 is 0 Å². The molecule has 0 amide bonds. The van der Waals surface area contributed by atoms with E-state index in [9.17, 15) is 0 Å². The van der Waals surface area contributed by atoms with Gasteiger partial charge in [0.2, 0.25) is 0 Å². The Balaban J connectivity index is 1.81. The van der Waals surface area contributed by atoms with E-state index >= 15 is 0 Å². The van der Waals surface area contributed by atoms with Crippen LogP contribution in [0.3, 0.4) is 0 Å². The minimum Gasteiger partial charge on any atom is -0.309 e. The zero-order valence-corrected chi connectivity index (χ0v) is 11.5. The van der Waals surface area contributed by atoms with Crippen LogP contribution in [0.15, 0.2) is 15.9 Å². The van der Waals surface area contributed by atoms with Crippen LogP contribution in [-0.2, 0) is 6.54 Å². The van der Waals surface area contributed by atoms with E-state index in [-0.39, 0.29) is 0 Å². The summed E-state index contributed by atoms with van der Waals surface area (Å²) in [6, 6.07) is 2.95. The zero-order valence-electron chi connectivity index (χ0n) is 9.13. The molecule has 1 N–H and O–H groups in total. The Labute approximate surface area is 104 Å². The number of halogens is 1. The van der Waals surface area contributed by atoms with Gasteiger partial charge in [0, 0.05) is 27.3 Å². The first-order chi connectivity index (χ1) is 7.25. The fraction of sp³-hybridized carbons (Fsp3) is 0.667. The van der Waals surface area contributed by atoms with Crippen LogP contribution in [-0.4, -0.2) is 6.04 Å². The third-order valence-corrected chi connectivity index (χ3v) is 4.97. The first-order valence-corrected chi connectivity index (χ1v) is 7.39. The van der Waals surface area contributed by atoms with Crippen molar-refractivity contribution in [2.45, 2.75) is 45.2 Å². The average molecular weight is 288 g/mol. The maximum Gasteiger partial charge on any atom is 0.0302 e. The van der Waals surface area contributed by atoms with E-state index in [1.165, 1.54) is 35.0 Å². The second kappa shape index (κ2) is 5.46. The normalized spacial score (nSPS) is 26.8. The molecule has 1 aliphatic carbocycles. The molecule has 0 aliphatic heterocycles. The Bertz CT molecular complexity index is 310. The topological polar surface area (TPSA) is 12.0 Å². The van der Waals surface area contributed by atoms with Gasteiger partial charge in [-0.15, -0.1) is 11.3 Å². The Morgan fingerprint density at radius 3 is 2.93 bits per heavy atom. The fourth-order valence-corrected chi connectivity index (χ4v) is 3.70. The maximum atomic E-state index is 3.69. The van der Waals surface area contributed by atoms with Crippen LogP contribution >= 0.6 is 27.3 Å². The molecule has 1 heterocycles. The van der Waals surface area contributed by atoms with E-state index in [1.54, 1.807) is 0 Å². The van der Waals surface area contributed by atoms with E-state index < -0.39 is 0 Å². The third-order valence-electron chi connectivity index (χ3n) is 3.27. The van der Waals surface area contributed by atoms with Crippen molar-refractivity contribution in [1.82, 2.24) is 5.32 Å². The largest absolute Gasteiger partial charge is 0.309 e. The van der Waals surface area contributed by atoms with Crippen LogP contribution < -0.4 is 5.32 Å². The lowest BCUT2D eigenvalue weighted by atomic mass is 9.86. The summed E-state index contributed by atoms with van der Waals surface area (Å²) in [6.07, 6.45) is 5.57. The summed E-state index contributed by atoms with van der Waals surface area (Å²) >= 11 is 5.32. The first kappa shape index (κ1) is 11.6. The molecule has 84 valence electrons. The van der Waals surface area contributed by atoms with Crippen molar-refractivity contribution in [2.75, 3.05) is 0 Å². The van der Waals surface area contributed by atoms with Crippen LogP contribution in [0.2, 0.25) is 0 Å². The average Bonchev–Trinajstić information content (AvgIpc) is 2.63. The summed E-state index contributed by atoms with van der Waals surface area (Å²) in [5.74, 6) is 0.849. The number of thiophene rings is 1. The van der Waals surface area contributed by atoms with Gasteiger partial charge in [0.05, 0.1) is 0 Å². The van der Waals surface area contributed by atoms with Crippen LogP contribution in [0.1, 0.15) is 37.5 Å². The Morgan fingerprint density at radius 1 is 1.47 bits per heavy atom. The summed E-state index contributed by atoms with van der Waals surface area (Å²) in [7, 11) is 0. The van der Waals surface area contributed by atoms with Gasteiger partial charge < -0.3 is 5.32 Å². The molecular weight excluding hydrogens is 270 g/mol. The van der Waals surface area contributed by atoms with Crippen molar-refractivity contribution in [3.8, 4) is 0 Å². The second-order valence-corrected chi connectivity index (χ2v) is 6.39. The minimum absolute atomic E-state index is 0.736. The second-order valence-electron chi connectivity index (χ2n) is 4.48. The molecule has 1 aliphatic rings. The van der Waals surface area contributed by atoms with Crippen molar-refractivity contribution in [3.63, 3.8) is 0 Å². The van der Waals surface area contributed by atoms with E-state index in [4.69, 9.17) is 0 Å².